The second-order valence-electron chi connectivity index (χ2n) is 5.62. The van der Waals surface area contributed by atoms with Gasteiger partial charge < -0.3 is 5.11 Å². The van der Waals surface area contributed by atoms with E-state index in [0.717, 1.165) is 30.9 Å². The van der Waals surface area contributed by atoms with E-state index >= 15 is 0 Å². The van der Waals surface area contributed by atoms with Crippen molar-refractivity contribution >= 4 is 17.6 Å². The minimum Gasteiger partial charge on any atom is -0.481 e. The lowest BCUT2D eigenvalue weighted by Crippen LogP contribution is -2.42. The van der Waals surface area contributed by atoms with Gasteiger partial charge in [0.2, 0.25) is 0 Å². The highest BCUT2D eigenvalue weighted by molar-refractivity contribution is 6.30. The van der Waals surface area contributed by atoms with Crippen molar-refractivity contribution in [1.82, 2.24) is 14.7 Å². The summed E-state index contributed by atoms with van der Waals surface area (Å²) in [6, 6.07) is 0. The number of halogens is 1. The SMILES string of the molecule is Cc1nn(C)c(Cl)c1CN1CCC(C)(C(=O)O)CC1. The Kier molecular flexibility index (Phi) is 3.87. The Bertz CT molecular complexity index is 490. The molecule has 19 heavy (non-hydrogen) atoms. The Labute approximate surface area is 118 Å². The van der Waals surface area contributed by atoms with E-state index in [4.69, 9.17) is 11.6 Å². The molecule has 1 aromatic rings. The molecule has 1 aromatic heterocycles. The first-order valence-corrected chi connectivity index (χ1v) is 6.85. The molecule has 106 valence electrons. The molecular weight excluding hydrogens is 266 g/mol. The van der Waals surface area contributed by atoms with Crippen molar-refractivity contribution in [2.24, 2.45) is 12.5 Å². The van der Waals surface area contributed by atoms with E-state index < -0.39 is 11.4 Å². The molecule has 2 heterocycles. The predicted octanol–water partition coefficient (Wildman–Crippen LogP) is 2.07. The third kappa shape index (κ3) is 2.77. The first-order valence-electron chi connectivity index (χ1n) is 6.47. The molecule has 0 atom stereocenters. The summed E-state index contributed by atoms with van der Waals surface area (Å²) in [5.74, 6) is -0.692. The lowest BCUT2D eigenvalue weighted by atomic mass is 9.80. The minimum atomic E-state index is -0.692. The summed E-state index contributed by atoms with van der Waals surface area (Å²) in [6.07, 6.45) is 1.36. The van der Waals surface area contributed by atoms with Gasteiger partial charge in [-0.2, -0.15) is 5.10 Å². The molecule has 5 nitrogen and oxygen atoms in total. The molecule has 0 saturated carbocycles. The zero-order chi connectivity index (χ0) is 14.2. The van der Waals surface area contributed by atoms with Gasteiger partial charge in [0.1, 0.15) is 5.15 Å². The summed E-state index contributed by atoms with van der Waals surface area (Å²) in [6.45, 7) is 6.09. The number of rotatable bonds is 3. The van der Waals surface area contributed by atoms with Gasteiger partial charge in [0, 0.05) is 19.2 Å². The molecule has 0 spiro atoms. The number of aryl methyl sites for hydroxylation is 2. The van der Waals surface area contributed by atoms with Crippen LogP contribution in [0, 0.1) is 12.3 Å². The molecule has 0 unspecified atom stereocenters. The van der Waals surface area contributed by atoms with Gasteiger partial charge in [-0.1, -0.05) is 11.6 Å². The number of carboxylic acids is 1. The minimum absolute atomic E-state index is 0.579. The standard InChI is InChI=1S/C13H20ClN3O2/c1-9-10(11(14)16(3)15-9)8-17-6-4-13(2,5-7-17)12(18)19/h4-8H2,1-3H3,(H,18,19). The first-order chi connectivity index (χ1) is 8.83. The van der Waals surface area contributed by atoms with Crippen LogP contribution < -0.4 is 0 Å². The van der Waals surface area contributed by atoms with E-state index in [1.54, 1.807) is 4.68 Å². The topological polar surface area (TPSA) is 58.4 Å². The molecule has 2 rings (SSSR count). The molecule has 0 radical (unpaired) electrons. The van der Waals surface area contributed by atoms with Crippen LogP contribution >= 0.6 is 11.6 Å². The molecule has 0 aromatic carbocycles. The molecular formula is C13H20ClN3O2. The Hall–Kier alpha value is -1.07. The second kappa shape index (κ2) is 5.13. The number of likely N-dealkylation sites (tertiary alicyclic amines) is 1. The van der Waals surface area contributed by atoms with Crippen LogP contribution in [0.15, 0.2) is 0 Å². The second-order valence-corrected chi connectivity index (χ2v) is 5.98. The summed E-state index contributed by atoms with van der Waals surface area (Å²) in [5, 5.41) is 14.2. The van der Waals surface area contributed by atoms with Crippen LogP contribution in [0.5, 0.6) is 0 Å². The zero-order valence-corrected chi connectivity index (χ0v) is 12.4. The maximum absolute atomic E-state index is 11.2. The van der Waals surface area contributed by atoms with Gasteiger partial charge in [-0.3, -0.25) is 14.4 Å². The van der Waals surface area contributed by atoms with Gasteiger partial charge in [0.05, 0.1) is 11.1 Å². The third-order valence-electron chi connectivity index (χ3n) is 4.13. The lowest BCUT2D eigenvalue weighted by molar-refractivity contribution is -0.150. The van der Waals surface area contributed by atoms with E-state index in [1.165, 1.54) is 0 Å². The molecule has 1 N–H and O–H groups in total. The number of carboxylic acid groups (broad SMARTS) is 1. The van der Waals surface area contributed by atoms with Gasteiger partial charge in [-0.15, -0.1) is 0 Å². The Balaban J connectivity index is 2.02. The smallest absolute Gasteiger partial charge is 0.309 e. The van der Waals surface area contributed by atoms with E-state index in [-0.39, 0.29) is 0 Å². The van der Waals surface area contributed by atoms with Crippen LogP contribution in [0.25, 0.3) is 0 Å². The van der Waals surface area contributed by atoms with Crippen LogP contribution in [0.2, 0.25) is 5.15 Å². The maximum Gasteiger partial charge on any atom is 0.309 e. The molecule has 1 saturated heterocycles. The van der Waals surface area contributed by atoms with Crippen LogP contribution in [0.4, 0.5) is 0 Å². The number of hydrogen-bond acceptors (Lipinski definition) is 3. The van der Waals surface area contributed by atoms with E-state index in [1.807, 2.05) is 20.9 Å². The lowest BCUT2D eigenvalue weighted by Gasteiger charge is -2.36. The Morgan fingerprint density at radius 3 is 2.47 bits per heavy atom. The summed E-state index contributed by atoms with van der Waals surface area (Å²) in [7, 11) is 1.83. The fraction of sp³-hybridized carbons (Fsp3) is 0.692. The first kappa shape index (κ1) is 14.3. The summed E-state index contributed by atoms with van der Waals surface area (Å²) >= 11 is 6.22. The van der Waals surface area contributed by atoms with Crippen molar-refractivity contribution in [3.05, 3.63) is 16.4 Å². The number of aliphatic carboxylic acids is 1. The average molecular weight is 286 g/mol. The van der Waals surface area contributed by atoms with Crippen molar-refractivity contribution in [1.29, 1.82) is 0 Å². The average Bonchev–Trinajstić information content (AvgIpc) is 2.58. The Morgan fingerprint density at radius 1 is 1.47 bits per heavy atom. The highest BCUT2D eigenvalue weighted by atomic mass is 35.5. The molecule has 1 aliphatic heterocycles. The quantitative estimate of drug-likeness (QED) is 0.924. The van der Waals surface area contributed by atoms with Crippen molar-refractivity contribution in [3.8, 4) is 0 Å². The van der Waals surface area contributed by atoms with Crippen LogP contribution in [0.1, 0.15) is 31.0 Å². The van der Waals surface area contributed by atoms with Crippen LogP contribution in [0.3, 0.4) is 0 Å². The zero-order valence-electron chi connectivity index (χ0n) is 11.6. The number of carbonyl (C=O) groups is 1. The van der Waals surface area contributed by atoms with Crippen molar-refractivity contribution in [3.63, 3.8) is 0 Å². The fourth-order valence-electron chi connectivity index (χ4n) is 2.50. The largest absolute Gasteiger partial charge is 0.481 e. The van der Waals surface area contributed by atoms with Crippen LogP contribution in [-0.4, -0.2) is 38.8 Å². The van der Waals surface area contributed by atoms with Gasteiger partial charge in [-0.05, 0) is 39.8 Å². The van der Waals surface area contributed by atoms with E-state index in [0.29, 0.717) is 18.0 Å². The van der Waals surface area contributed by atoms with E-state index in [2.05, 4.69) is 10.00 Å². The molecule has 0 amide bonds. The predicted molar refractivity (Wildman–Crippen MR) is 73.2 cm³/mol. The monoisotopic (exact) mass is 285 g/mol. The van der Waals surface area contributed by atoms with Gasteiger partial charge in [-0.25, -0.2) is 0 Å². The number of hydrogen-bond donors (Lipinski definition) is 1. The van der Waals surface area contributed by atoms with Crippen molar-refractivity contribution in [2.45, 2.75) is 33.2 Å². The number of aromatic nitrogens is 2. The molecule has 1 aliphatic rings. The number of nitrogens with zero attached hydrogens (tertiary/aromatic N) is 3. The molecule has 6 heteroatoms. The summed E-state index contributed by atoms with van der Waals surface area (Å²) in [4.78, 5) is 13.5. The van der Waals surface area contributed by atoms with E-state index in [9.17, 15) is 9.90 Å². The molecule has 1 fully saturated rings. The van der Waals surface area contributed by atoms with Gasteiger partial charge in [0.15, 0.2) is 0 Å². The normalized spacial score (nSPS) is 19.6. The van der Waals surface area contributed by atoms with Gasteiger partial charge >= 0.3 is 5.97 Å². The summed E-state index contributed by atoms with van der Waals surface area (Å²) in [5.41, 5.74) is 1.41. The third-order valence-corrected chi connectivity index (χ3v) is 4.60. The highest BCUT2D eigenvalue weighted by Crippen LogP contribution is 2.32. The number of piperidine rings is 1. The van der Waals surface area contributed by atoms with Crippen molar-refractivity contribution < 1.29 is 9.90 Å². The highest BCUT2D eigenvalue weighted by Gasteiger charge is 2.37. The summed E-state index contributed by atoms with van der Waals surface area (Å²) < 4.78 is 1.68. The van der Waals surface area contributed by atoms with Crippen LogP contribution in [-0.2, 0) is 18.4 Å². The fourth-order valence-corrected chi connectivity index (χ4v) is 2.73. The molecule has 0 bridgehead atoms. The maximum atomic E-state index is 11.2. The van der Waals surface area contributed by atoms with Gasteiger partial charge in [0.25, 0.3) is 0 Å². The Morgan fingerprint density at radius 2 is 2.05 bits per heavy atom. The van der Waals surface area contributed by atoms with Crippen molar-refractivity contribution in [2.75, 3.05) is 13.1 Å². The molecule has 0 aliphatic carbocycles.